The van der Waals surface area contributed by atoms with Gasteiger partial charge in [-0.05, 0) is 50.1 Å². The fourth-order valence-corrected chi connectivity index (χ4v) is 4.30. The summed E-state index contributed by atoms with van der Waals surface area (Å²) in [5.74, 6) is -0.398. The number of nitrogens with zero attached hydrogens (tertiary/aromatic N) is 4. The lowest BCUT2D eigenvalue weighted by atomic mass is 9.99. The van der Waals surface area contributed by atoms with Crippen molar-refractivity contribution in [1.29, 1.82) is 0 Å². The number of hydrogen-bond acceptors (Lipinski definition) is 5. The number of carbonyl (C=O) groups excluding carboxylic acids is 1. The molecule has 0 spiro atoms. The Morgan fingerprint density at radius 2 is 2.03 bits per heavy atom. The molecule has 4 rings (SSSR count). The van der Waals surface area contributed by atoms with Crippen molar-refractivity contribution in [2.75, 3.05) is 13.6 Å². The Bertz CT molecular complexity index is 1260. The van der Waals surface area contributed by atoms with Crippen LogP contribution in [0.5, 0.6) is 5.75 Å². The Kier molecular flexibility index (Phi) is 5.73. The van der Waals surface area contributed by atoms with E-state index in [1.165, 1.54) is 6.92 Å². The van der Waals surface area contributed by atoms with E-state index < -0.39 is 23.6 Å². The van der Waals surface area contributed by atoms with Gasteiger partial charge in [0.1, 0.15) is 11.9 Å². The van der Waals surface area contributed by atoms with Crippen LogP contribution >= 0.6 is 0 Å². The van der Waals surface area contributed by atoms with Gasteiger partial charge in [-0.1, -0.05) is 4.68 Å². The molecule has 0 aliphatic carbocycles. The van der Waals surface area contributed by atoms with Gasteiger partial charge in [-0.2, -0.15) is 13.2 Å². The van der Waals surface area contributed by atoms with E-state index in [9.17, 15) is 28.2 Å². The first-order valence-electron chi connectivity index (χ1n) is 10.5. The topological polar surface area (TPSA) is 89.0 Å². The molecule has 1 amide bonds. The Morgan fingerprint density at radius 1 is 1.30 bits per heavy atom. The highest BCUT2D eigenvalue weighted by Crippen LogP contribution is 2.38. The minimum atomic E-state index is -4.57. The van der Waals surface area contributed by atoms with Crippen molar-refractivity contribution >= 4 is 17.8 Å². The number of phenols is 1. The quantitative estimate of drug-likeness (QED) is 0.682. The summed E-state index contributed by atoms with van der Waals surface area (Å²) in [6.45, 7) is 3.62. The van der Waals surface area contributed by atoms with E-state index >= 15 is 0 Å². The number of halogens is 3. The Morgan fingerprint density at radius 3 is 2.64 bits per heavy atom. The van der Waals surface area contributed by atoms with E-state index in [4.69, 9.17) is 0 Å². The number of aryl methyl sites for hydroxylation is 1. The molecule has 1 aromatic carbocycles. The van der Waals surface area contributed by atoms with Crippen molar-refractivity contribution in [3.05, 3.63) is 46.1 Å². The molecule has 0 saturated carbocycles. The highest BCUT2D eigenvalue weighted by Gasteiger charge is 2.33. The number of aliphatic hydroxyl groups is 1. The SMILES string of the molecule is Cc1cc(C(F)(F)F)cc(O)c1-c1ccc2c(n1)=N/[N+](=C/C1CCC(=O)N(C)C1)C=2C(C)O. The number of benzene rings is 1. The molecule has 10 heteroatoms. The number of likely N-dealkylation sites (tertiary alicyclic amines) is 1. The van der Waals surface area contributed by atoms with Crippen LogP contribution < -0.4 is 10.7 Å². The Labute approximate surface area is 187 Å². The summed E-state index contributed by atoms with van der Waals surface area (Å²) in [5.41, 5.74) is 0.570. The van der Waals surface area contributed by atoms with E-state index in [0.717, 1.165) is 6.07 Å². The number of alkyl halides is 3. The van der Waals surface area contributed by atoms with Crippen molar-refractivity contribution in [2.24, 2.45) is 11.0 Å². The van der Waals surface area contributed by atoms with Crippen LogP contribution in [0.2, 0.25) is 0 Å². The second-order valence-corrected chi connectivity index (χ2v) is 8.48. The van der Waals surface area contributed by atoms with Crippen molar-refractivity contribution in [3.63, 3.8) is 0 Å². The molecule has 0 radical (unpaired) electrons. The smallest absolute Gasteiger partial charge is 0.416 e. The van der Waals surface area contributed by atoms with Crippen LogP contribution in [0.25, 0.3) is 17.0 Å². The second kappa shape index (κ2) is 8.26. The first-order chi connectivity index (χ1) is 15.5. The summed E-state index contributed by atoms with van der Waals surface area (Å²) in [5, 5.41) is 25.8. The van der Waals surface area contributed by atoms with Crippen LogP contribution in [-0.2, 0) is 11.0 Å². The van der Waals surface area contributed by atoms with Crippen LogP contribution in [0.1, 0.15) is 30.9 Å². The lowest BCUT2D eigenvalue weighted by molar-refractivity contribution is -0.445. The zero-order valence-electron chi connectivity index (χ0n) is 18.4. The average Bonchev–Trinajstić information content (AvgIpc) is 3.07. The number of aromatic hydroxyl groups is 1. The molecule has 1 aromatic heterocycles. The van der Waals surface area contributed by atoms with Crippen LogP contribution in [0, 0.1) is 12.8 Å². The van der Waals surface area contributed by atoms with Gasteiger partial charge in [0.15, 0.2) is 6.21 Å². The van der Waals surface area contributed by atoms with E-state index in [-0.39, 0.29) is 28.6 Å². The van der Waals surface area contributed by atoms with Gasteiger partial charge in [0.2, 0.25) is 11.4 Å². The number of aliphatic hydroxyl groups excluding tert-OH is 1. The molecule has 33 heavy (non-hydrogen) atoms. The summed E-state index contributed by atoms with van der Waals surface area (Å²) in [4.78, 5) is 17.9. The van der Waals surface area contributed by atoms with E-state index in [1.807, 2.05) is 6.21 Å². The van der Waals surface area contributed by atoms with Gasteiger partial charge in [0, 0.05) is 30.7 Å². The summed E-state index contributed by atoms with van der Waals surface area (Å²) in [7, 11) is 1.74. The molecule has 7 nitrogen and oxygen atoms in total. The molecule has 2 aliphatic heterocycles. The molecule has 0 bridgehead atoms. The number of amides is 1. The highest BCUT2D eigenvalue weighted by molar-refractivity contribution is 5.78. The predicted molar refractivity (Wildman–Crippen MR) is 114 cm³/mol. The second-order valence-electron chi connectivity index (χ2n) is 8.48. The fourth-order valence-electron chi connectivity index (χ4n) is 4.30. The monoisotopic (exact) mass is 461 g/mol. The Balaban J connectivity index is 1.79. The van der Waals surface area contributed by atoms with E-state index in [2.05, 4.69) is 10.1 Å². The summed E-state index contributed by atoms with van der Waals surface area (Å²) in [6, 6.07) is 4.92. The lowest BCUT2D eigenvalue weighted by Crippen LogP contribution is -2.38. The number of rotatable bonds is 3. The van der Waals surface area contributed by atoms with Gasteiger partial charge in [-0.15, -0.1) is 0 Å². The first-order valence-corrected chi connectivity index (χ1v) is 10.5. The normalized spacial score (nSPS) is 20.8. The van der Waals surface area contributed by atoms with Gasteiger partial charge < -0.3 is 15.1 Å². The lowest BCUT2D eigenvalue weighted by Gasteiger charge is -2.25. The minimum absolute atomic E-state index is 0.0418. The van der Waals surface area contributed by atoms with Gasteiger partial charge >= 0.3 is 6.18 Å². The number of carbonyl (C=O) groups is 1. The van der Waals surface area contributed by atoms with Crippen molar-refractivity contribution in [1.82, 2.24) is 9.88 Å². The third kappa shape index (κ3) is 4.35. The molecule has 1 fully saturated rings. The highest BCUT2D eigenvalue weighted by atomic mass is 19.4. The van der Waals surface area contributed by atoms with Gasteiger partial charge in [-0.25, -0.2) is 4.98 Å². The maximum atomic E-state index is 13.1. The molecular formula is C23H24F3N4O3+. The molecule has 3 heterocycles. The molecule has 2 aromatic rings. The van der Waals surface area contributed by atoms with Gasteiger partial charge in [0.05, 0.1) is 22.4 Å². The molecular weight excluding hydrogens is 437 g/mol. The van der Waals surface area contributed by atoms with Gasteiger partial charge in [0.25, 0.3) is 5.70 Å². The maximum Gasteiger partial charge on any atom is 0.416 e. The van der Waals surface area contributed by atoms with Gasteiger partial charge in [-0.3, -0.25) is 4.79 Å². The number of piperidine rings is 1. The fraction of sp³-hybridized carbons (Fsp3) is 0.391. The predicted octanol–water partition coefficient (Wildman–Crippen LogP) is 1.77. The third-order valence-electron chi connectivity index (χ3n) is 5.91. The van der Waals surface area contributed by atoms with Crippen LogP contribution in [-0.4, -0.2) is 56.6 Å². The summed E-state index contributed by atoms with van der Waals surface area (Å²) < 4.78 is 40.8. The standard InChI is InChI=1S/C23H23F3N4O3/c1-12-8-15(23(24,25)26)9-18(32)20(12)17-6-5-16-21(13(2)31)30(28-22(16)27-17)11-14-4-7-19(33)29(3)10-14/h5-6,8-9,11,13-14,31H,4,7,10H2,1-3H3/p+1/b30-11+. The number of fused-ring (bicyclic) bond motifs is 1. The Hall–Kier alpha value is -3.27. The zero-order chi connectivity index (χ0) is 24.1. The number of pyridine rings is 1. The van der Waals surface area contributed by atoms with Crippen LogP contribution in [0.15, 0.2) is 29.4 Å². The van der Waals surface area contributed by atoms with Crippen molar-refractivity contribution < 1.29 is 32.9 Å². The van der Waals surface area contributed by atoms with Crippen molar-refractivity contribution in [2.45, 2.75) is 39.0 Å². The summed E-state index contributed by atoms with van der Waals surface area (Å²) >= 11 is 0. The average molecular weight is 461 g/mol. The first kappa shape index (κ1) is 22.9. The third-order valence-corrected chi connectivity index (χ3v) is 5.91. The van der Waals surface area contributed by atoms with E-state index in [0.29, 0.717) is 41.9 Å². The summed E-state index contributed by atoms with van der Waals surface area (Å²) in [6.07, 6.45) is -2.49. The number of aromatic nitrogens is 1. The maximum absolute atomic E-state index is 13.1. The number of hydrogen-bond donors (Lipinski definition) is 2. The largest absolute Gasteiger partial charge is 0.507 e. The minimum Gasteiger partial charge on any atom is -0.507 e. The number of phenolic OH excluding ortho intramolecular Hbond substituents is 1. The zero-order valence-corrected chi connectivity index (χ0v) is 18.4. The van der Waals surface area contributed by atoms with Crippen molar-refractivity contribution in [3.8, 4) is 17.0 Å². The molecule has 2 N–H and O–H groups in total. The molecule has 1 saturated heterocycles. The molecule has 2 aliphatic rings. The van der Waals surface area contributed by atoms with Crippen LogP contribution in [0.3, 0.4) is 0 Å². The molecule has 174 valence electrons. The van der Waals surface area contributed by atoms with E-state index in [1.54, 1.807) is 35.7 Å². The van der Waals surface area contributed by atoms with Crippen LogP contribution in [0.4, 0.5) is 13.2 Å². The molecule has 2 unspecified atom stereocenters. The molecule has 2 atom stereocenters.